The first-order valence-electron chi connectivity index (χ1n) is 4.07. The van der Waals surface area contributed by atoms with Gasteiger partial charge in [0.1, 0.15) is 0 Å². The zero-order chi connectivity index (χ0) is 9.30. The average molecular weight is 165 g/mol. The minimum absolute atomic E-state index is 0.481. The minimum Gasteiger partial charge on any atom is -0.398 e. The third-order valence-electron chi connectivity index (χ3n) is 1.98. The zero-order valence-electron chi connectivity index (χ0n) is 7.76. The number of nitrogen functional groups attached to an aromatic ring is 1. The Morgan fingerprint density at radius 3 is 2.33 bits per heavy atom. The molecule has 12 heavy (non-hydrogen) atoms. The van der Waals surface area contributed by atoms with Gasteiger partial charge in [0.05, 0.1) is 6.10 Å². The van der Waals surface area contributed by atoms with Crippen LogP contribution in [0.1, 0.15) is 29.7 Å². The summed E-state index contributed by atoms with van der Waals surface area (Å²) in [5.74, 6) is 0. The molecule has 66 valence electrons. The summed E-state index contributed by atoms with van der Waals surface area (Å²) in [5, 5.41) is 9.40. The highest BCUT2D eigenvalue weighted by Gasteiger charge is 2.08. The molecule has 0 aliphatic rings. The van der Waals surface area contributed by atoms with Gasteiger partial charge < -0.3 is 10.8 Å². The maximum Gasteiger partial charge on any atom is 0.0784 e. The molecule has 0 bridgehead atoms. The molecule has 0 fully saturated rings. The summed E-state index contributed by atoms with van der Waals surface area (Å²) in [7, 11) is 0. The molecule has 0 heterocycles. The maximum absolute atomic E-state index is 9.40. The second-order valence-electron chi connectivity index (χ2n) is 3.26. The number of hydrogen-bond donors (Lipinski definition) is 2. The molecule has 0 amide bonds. The summed E-state index contributed by atoms with van der Waals surface area (Å²) >= 11 is 0. The first-order chi connectivity index (χ1) is 5.52. The van der Waals surface area contributed by atoms with E-state index >= 15 is 0 Å². The van der Waals surface area contributed by atoms with Gasteiger partial charge in [-0.3, -0.25) is 0 Å². The summed E-state index contributed by atoms with van der Waals surface area (Å²) in [6.45, 7) is 5.69. The van der Waals surface area contributed by atoms with Crippen LogP contribution in [0.3, 0.4) is 0 Å². The summed E-state index contributed by atoms with van der Waals surface area (Å²) in [6, 6.07) is 3.91. The van der Waals surface area contributed by atoms with Gasteiger partial charge in [0.25, 0.3) is 0 Å². The number of rotatable bonds is 1. The van der Waals surface area contributed by atoms with Gasteiger partial charge in [-0.25, -0.2) is 0 Å². The fourth-order valence-corrected chi connectivity index (χ4v) is 1.58. The maximum atomic E-state index is 9.40. The van der Waals surface area contributed by atoms with E-state index in [1.54, 1.807) is 6.92 Å². The van der Waals surface area contributed by atoms with E-state index in [1.165, 1.54) is 0 Å². The number of benzene rings is 1. The fourth-order valence-electron chi connectivity index (χ4n) is 1.58. The van der Waals surface area contributed by atoms with E-state index in [-0.39, 0.29) is 0 Å². The molecule has 0 aromatic heterocycles. The molecule has 0 spiro atoms. The molecule has 0 saturated carbocycles. The Morgan fingerprint density at radius 1 is 1.33 bits per heavy atom. The van der Waals surface area contributed by atoms with Gasteiger partial charge in [0.15, 0.2) is 0 Å². The molecule has 0 aliphatic carbocycles. The van der Waals surface area contributed by atoms with Crippen molar-refractivity contribution in [1.82, 2.24) is 0 Å². The minimum atomic E-state index is -0.481. The largest absolute Gasteiger partial charge is 0.398 e. The summed E-state index contributed by atoms with van der Waals surface area (Å²) in [4.78, 5) is 0. The molecule has 3 N–H and O–H groups in total. The third kappa shape index (κ3) is 1.59. The van der Waals surface area contributed by atoms with Crippen molar-refractivity contribution in [2.75, 3.05) is 5.73 Å². The highest BCUT2D eigenvalue weighted by Crippen LogP contribution is 2.25. The topological polar surface area (TPSA) is 46.2 Å². The fraction of sp³-hybridized carbons (Fsp3) is 0.400. The van der Waals surface area contributed by atoms with Crippen LogP contribution in [-0.4, -0.2) is 5.11 Å². The molecule has 2 nitrogen and oxygen atoms in total. The van der Waals surface area contributed by atoms with Crippen LogP contribution in [0.5, 0.6) is 0 Å². The van der Waals surface area contributed by atoms with E-state index < -0.39 is 6.10 Å². The molecule has 0 radical (unpaired) electrons. The van der Waals surface area contributed by atoms with Crippen LogP contribution in [0.15, 0.2) is 12.1 Å². The van der Waals surface area contributed by atoms with Crippen LogP contribution < -0.4 is 5.73 Å². The van der Waals surface area contributed by atoms with E-state index in [0.29, 0.717) is 5.69 Å². The molecule has 1 aromatic rings. The molecule has 0 aliphatic heterocycles. The monoisotopic (exact) mass is 165 g/mol. The van der Waals surface area contributed by atoms with Gasteiger partial charge in [-0.15, -0.1) is 0 Å². The quantitative estimate of drug-likeness (QED) is 0.625. The summed E-state index contributed by atoms with van der Waals surface area (Å²) in [5.41, 5.74) is 9.49. The lowest BCUT2D eigenvalue weighted by atomic mass is 10.00. The Kier molecular flexibility index (Phi) is 2.38. The molecule has 1 unspecified atom stereocenters. The SMILES string of the molecule is Cc1cc(C)c(C(C)O)c(N)c1. The smallest absolute Gasteiger partial charge is 0.0784 e. The Balaban J connectivity index is 3.28. The van der Waals surface area contributed by atoms with Crippen molar-refractivity contribution in [3.05, 3.63) is 28.8 Å². The van der Waals surface area contributed by atoms with E-state index in [0.717, 1.165) is 16.7 Å². The normalized spacial score (nSPS) is 13.0. The van der Waals surface area contributed by atoms with Crippen LogP contribution in [-0.2, 0) is 0 Å². The highest BCUT2D eigenvalue weighted by molar-refractivity contribution is 5.53. The van der Waals surface area contributed by atoms with Crippen molar-refractivity contribution in [1.29, 1.82) is 0 Å². The number of hydrogen-bond acceptors (Lipinski definition) is 2. The number of aliphatic hydroxyl groups excluding tert-OH is 1. The molecule has 0 saturated heterocycles. The Bertz CT molecular complexity index is 269. The van der Waals surface area contributed by atoms with Crippen molar-refractivity contribution in [3.63, 3.8) is 0 Å². The zero-order valence-corrected chi connectivity index (χ0v) is 7.76. The number of nitrogens with two attached hydrogens (primary N) is 1. The Hall–Kier alpha value is -1.02. The Morgan fingerprint density at radius 2 is 1.92 bits per heavy atom. The lowest BCUT2D eigenvalue weighted by molar-refractivity contribution is 0.199. The van der Waals surface area contributed by atoms with Crippen molar-refractivity contribution in [3.8, 4) is 0 Å². The summed E-state index contributed by atoms with van der Waals surface area (Å²) in [6.07, 6.45) is -0.481. The lowest BCUT2D eigenvalue weighted by Crippen LogP contribution is -2.01. The molecular weight excluding hydrogens is 150 g/mol. The van der Waals surface area contributed by atoms with Crippen molar-refractivity contribution in [2.24, 2.45) is 0 Å². The van der Waals surface area contributed by atoms with Crippen molar-refractivity contribution in [2.45, 2.75) is 26.9 Å². The van der Waals surface area contributed by atoms with Gasteiger partial charge >= 0.3 is 0 Å². The van der Waals surface area contributed by atoms with Gasteiger partial charge in [-0.2, -0.15) is 0 Å². The van der Waals surface area contributed by atoms with Crippen LogP contribution in [0, 0.1) is 13.8 Å². The molecule has 1 rings (SSSR count). The molecule has 1 aromatic carbocycles. The van der Waals surface area contributed by atoms with Gasteiger partial charge in [0.2, 0.25) is 0 Å². The first kappa shape index (κ1) is 9.07. The van der Waals surface area contributed by atoms with E-state index in [2.05, 4.69) is 0 Å². The van der Waals surface area contributed by atoms with E-state index in [9.17, 15) is 5.11 Å². The second kappa shape index (κ2) is 3.15. The lowest BCUT2D eigenvalue weighted by Gasteiger charge is -2.12. The third-order valence-corrected chi connectivity index (χ3v) is 1.98. The standard InChI is InChI=1S/C10H15NO/c1-6-4-7(2)10(8(3)12)9(11)5-6/h4-5,8,12H,11H2,1-3H3. The van der Waals surface area contributed by atoms with Crippen molar-refractivity contribution >= 4 is 5.69 Å². The summed E-state index contributed by atoms with van der Waals surface area (Å²) < 4.78 is 0. The van der Waals surface area contributed by atoms with E-state index in [4.69, 9.17) is 5.73 Å². The number of aliphatic hydroxyl groups is 1. The van der Waals surface area contributed by atoms with E-state index in [1.807, 2.05) is 26.0 Å². The predicted molar refractivity (Wildman–Crippen MR) is 51.0 cm³/mol. The Labute approximate surface area is 73.0 Å². The molecular formula is C10H15NO. The van der Waals surface area contributed by atoms with Crippen LogP contribution in [0.2, 0.25) is 0 Å². The van der Waals surface area contributed by atoms with Gasteiger partial charge in [-0.1, -0.05) is 6.07 Å². The second-order valence-corrected chi connectivity index (χ2v) is 3.26. The predicted octanol–water partition coefficient (Wildman–Crippen LogP) is 1.94. The molecule has 1 atom stereocenters. The first-order valence-corrected chi connectivity index (χ1v) is 4.07. The highest BCUT2D eigenvalue weighted by atomic mass is 16.3. The van der Waals surface area contributed by atoms with Gasteiger partial charge in [0, 0.05) is 11.3 Å². The van der Waals surface area contributed by atoms with Gasteiger partial charge in [-0.05, 0) is 38.0 Å². The molecule has 2 heteroatoms. The number of anilines is 1. The van der Waals surface area contributed by atoms with Crippen LogP contribution in [0.4, 0.5) is 5.69 Å². The van der Waals surface area contributed by atoms with Crippen LogP contribution in [0.25, 0.3) is 0 Å². The van der Waals surface area contributed by atoms with Crippen molar-refractivity contribution < 1.29 is 5.11 Å². The van der Waals surface area contributed by atoms with Crippen LogP contribution >= 0.6 is 0 Å². The number of aryl methyl sites for hydroxylation is 2. The average Bonchev–Trinajstić information content (AvgIpc) is 1.82.